The number of methoxy groups -OCH3 is 1. The number of hydrogen-bond acceptors (Lipinski definition) is 7. The van der Waals surface area contributed by atoms with Gasteiger partial charge in [0.05, 0.1) is 31.6 Å². The van der Waals surface area contributed by atoms with Crippen molar-refractivity contribution in [2.24, 2.45) is 7.05 Å². The molecule has 0 radical (unpaired) electrons. The number of benzene rings is 2. The second kappa shape index (κ2) is 12.7. The van der Waals surface area contributed by atoms with Crippen LogP contribution in [-0.4, -0.2) is 97.8 Å². The van der Waals surface area contributed by atoms with E-state index in [1.165, 1.54) is 0 Å². The minimum atomic E-state index is -0.457. The van der Waals surface area contributed by atoms with Crippen LogP contribution in [-0.2, 0) is 18.4 Å². The number of carbonyl (C=O) groups excluding carboxylic acids is 2. The van der Waals surface area contributed by atoms with E-state index in [0.717, 1.165) is 22.5 Å². The molecule has 0 saturated carbocycles. The number of nitrogens with zero attached hydrogens (tertiary/aromatic N) is 8. The Morgan fingerprint density at radius 2 is 1.81 bits per heavy atom. The highest BCUT2D eigenvalue weighted by Gasteiger charge is 2.28. The summed E-state index contributed by atoms with van der Waals surface area (Å²) in [5.74, 6) is 0.968. The van der Waals surface area contributed by atoms with Gasteiger partial charge in [-0.15, -0.1) is 5.10 Å². The number of aromatic amines is 1. The molecule has 7 rings (SSSR count). The maximum atomic E-state index is 16.6. The molecule has 5 aromatic rings. The SMILES string of the molecule is COc1ccccc1-c1cc(C2=CCCN(C(=O)CCn3ccnn3)C2)c(F)c2[nH]c(C(=O)N3CCN(c4ccnn4C)CC3)cc12. The Kier molecular flexibility index (Phi) is 8.19. The Labute approximate surface area is 271 Å². The number of anilines is 1. The predicted molar refractivity (Wildman–Crippen MR) is 175 cm³/mol. The fourth-order valence-corrected chi connectivity index (χ4v) is 6.56. The zero-order valence-corrected chi connectivity index (χ0v) is 26.4. The summed E-state index contributed by atoms with van der Waals surface area (Å²) in [5.41, 5.74) is 3.19. The number of para-hydroxylation sites is 1. The van der Waals surface area contributed by atoms with Crippen molar-refractivity contribution in [2.75, 3.05) is 51.3 Å². The number of halogens is 1. The van der Waals surface area contributed by atoms with Crippen molar-refractivity contribution in [3.05, 3.63) is 84.2 Å². The second-order valence-electron chi connectivity index (χ2n) is 11.8. The molecule has 12 nitrogen and oxygen atoms in total. The van der Waals surface area contributed by atoms with Crippen LogP contribution < -0.4 is 9.64 Å². The first-order valence-corrected chi connectivity index (χ1v) is 15.7. The maximum absolute atomic E-state index is 16.6. The molecule has 3 aromatic heterocycles. The van der Waals surface area contributed by atoms with Crippen LogP contribution in [0.15, 0.2) is 67.1 Å². The summed E-state index contributed by atoms with van der Waals surface area (Å²) in [6, 6.07) is 13.1. The number of fused-ring (bicyclic) bond motifs is 1. The number of hydrogen-bond donors (Lipinski definition) is 1. The van der Waals surface area contributed by atoms with Gasteiger partial charge in [0.2, 0.25) is 5.91 Å². The van der Waals surface area contributed by atoms with Crippen LogP contribution in [0.4, 0.5) is 10.2 Å². The highest BCUT2D eigenvalue weighted by molar-refractivity contribution is 6.05. The summed E-state index contributed by atoms with van der Waals surface area (Å²) in [4.78, 5) is 35.9. The number of rotatable bonds is 8. The highest BCUT2D eigenvalue weighted by Crippen LogP contribution is 2.40. The van der Waals surface area contributed by atoms with E-state index in [-0.39, 0.29) is 30.3 Å². The summed E-state index contributed by atoms with van der Waals surface area (Å²) in [5, 5.41) is 12.6. The number of piperazine rings is 1. The van der Waals surface area contributed by atoms with Crippen LogP contribution >= 0.6 is 0 Å². The molecule has 0 spiro atoms. The topological polar surface area (TPSA) is 117 Å². The van der Waals surface area contributed by atoms with E-state index in [9.17, 15) is 9.59 Å². The molecule has 47 heavy (non-hydrogen) atoms. The van der Waals surface area contributed by atoms with E-state index < -0.39 is 5.82 Å². The lowest BCUT2D eigenvalue weighted by Crippen LogP contribution is -2.49. The van der Waals surface area contributed by atoms with Gasteiger partial charge >= 0.3 is 0 Å². The number of aryl methyl sites for hydroxylation is 2. The van der Waals surface area contributed by atoms with Crippen LogP contribution in [0, 0.1) is 5.82 Å². The third-order valence-electron chi connectivity index (χ3n) is 9.04. The van der Waals surface area contributed by atoms with Crippen LogP contribution in [0.5, 0.6) is 5.75 Å². The van der Waals surface area contributed by atoms with Crippen molar-refractivity contribution in [2.45, 2.75) is 19.4 Å². The standard InChI is InChI=1S/C34H36FN9O3/c1-40-30(9-11-37-40)41-16-18-42(19-17-41)34(46)28-21-27-26(24-7-3-4-8-29(24)47-2)20-25(32(35)33(27)38-28)23-6-5-13-43(22-23)31(45)10-14-44-15-12-36-39-44/h3-4,6-9,11-12,15,20-21,38H,5,10,13-14,16-19,22H2,1-2H3. The number of ether oxygens (including phenoxy) is 1. The molecule has 2 aromatic carbocycles. The van der Waals surface area contributed by atoms with E-state index in [1.807, 2.05) is 54.2 Å². The molecule has 0 atom stereocenters. The first-order chi connectivity index (χ1) is 22.9. The third kappa shape index (κ3) is 5.84. The van der Waals surface area contributed by atoms with E-state index in [0.29, 0.717) is 68.1 Å². The quantitative estimate of drug-likeness (QED) is 0.274. The average Bonchev–Trinajstić information content (AvgIpc) is 3.89. The lowest BCUT2D eigenvalue weighted by Gasteiger charge is -2.35. The molecule has 13 heteroatoms. The van der Waals surface area contributed by atoms with Crippen molar-refractivity contribution in [3.63, 3.8) is 0 Å². The lowest BCUT2D eigenvalue weighted by molar-refractivity contribution is -0.131. The monoisotopic (exact) mass is 637 g/mol. The van der Waals surface area contributed by atoms with Crippen molar-refractivity contribution in [1.82, 2.24) is 39.6 Å². The molecular weight excluding hydrogens is 601 g/mol. The zero-order valence-electron chi connectivity index (χ0n) is 26.4. The smallest absolute Gasteiger partial charge is 0.270 e. The van der Waals surface area contributed by atoms with E-state index in [4.69, 9.17) is 4.74 Å². The summed E-state index contributed by atoms with van der Waals surface area (Å²) in [6.07, 6.45) is 7.92. The van der Waals surface area contributed by atoms with Crippen molar-refractivity contribution in [3.8, 4) is 16.9 Å². The largest absolute Gasteiger partial charge is 0.496 e. The van der Waals surface area contributed by atoms with E-state index in [2.05, 4.69) is 25.3 Å². The number of amides is 2. The molecule has 5 heterocycles. The number of aromatic nitrogens is 6. The molecule has 0 aliphatic carbocycles. The molecule has 0 bridgehead atoms. The van der Waals surface area contributed by atoms with Crippen LogP contribution in [0.3, 0.4) is 0 Å². The molecule has 0 unspecified atom stereocenters. The van der Waals surface area contributed by atoms with Crippen molar-refractivity contribution >= 4 is 34.1 Å². The lowest BCUT2D eigenvalue weighted by atomic mass is 9.93. The van der Waals surface area contributed by atoms with Gasteiger partial charge in [-0.3, -0.25) is 19.0 Å². The normalized spacial score (nSPS) is 15.3. The minimum Gasteiger partial charge on any atom is -0.496 e. The number of nitrogens with one attached hydrogen (secondary N) is 1. The molecule has 2 aliphatic heterocycles. The van der Waals surface area contributed by atoms with Gasteiger partial charge in [0.1, 0.15) is 17.3 Å². The van der Waals surface area contributed by atoms with Crippen LogP contribution in [0.2, 0.25) is 0 Å². The Bertz CT molecular complexity index is 1950. The fraction of sp³-hybridized carbons (Fsp3) is 0.324. The third-order valence-corrected chi connectivity index (χ3v) is 9.04. The van der Waals surface area contributed by atoms with Gasteiger partial charge in [0.25, 0.3) is 5.91 Å². The minimum absolute atomic E-state index is 0.0335. The van der Waals surface area contributed by atoms with Gasteiger partial charge in [0.15, 0.2) is 5.82 Å². The van der Waals surface area contributed by atoms with Gasteiger partial charge in [-0.1, -0.05) is 29.5 Å². The van der Waals surface area contributed by atoms with E-state index >= 15 is 4.39 Å². The van der Waals surface area contributed by atoms with Gasteiger partial charge in [-0.25, -0.2) is 4.39 Å². The summed E-state index contributed by atoms with van der Waals surface area (Å²) in [6.45, 7) is 3.64. The fourth-order valence-electron chi connectivity index (χ4n) is 6.56. The van der Waals surface area contributed by atoms with Crippen LogP contribution in [0.25, 0.3) is 27.6 Å². The summed E-state index contributed by atoms with van der Waals surface area (Å²) < 4.78 is 25.7. The molecule has 1 N–H and O–H groups in total. The molecule has 1 fully saturated rings. The zero-order chi connectivity index (χ0) is 32.5. The van der Waals surface area contributed by atoms with Crippen molar-refractivity contribution < 1.29 is 18.7 Å². The van der Waals surface area contributed by atoms with Gasteiger partial charge in [0, 0.05) is 81.5 Å². The Hall–Kier alpha value is -5.46. The second-order valence-corrected chi connectivity index (χ2v) is 11.8. The maximum Gasteiger partial charge on any atom is 0.270 e. The predicted octanol–water partition coefficient (Wildman–Crippen LogP) is 3.98. The molecule has 2 aliphatic rings. The Morgan fingerprint density at radius 1 is 0.979 bits per heavy atom. The van der Waals surface area contributed by atoms with Crippen molar-refractivity contribution in [1.29, 1.82) is 0 Å². The van der Waals surface area contributed by atoms with Gasteiger partial charge in [-0.05, 0) is 35.8 Å². The molecular formula is C34H36FN9O3. The Balaban J connectivity index is 1.20. The molecule has 1 saturated heterocycles. The van der Waals surface area contributed by atoms with Gasteiger partial charge in [-0.2, -0.15) is 5.10 Å². The van der Waals surface area contributed by atoms with E-state index in [1.54, 1.807) is 46.2 Å². The summed E-state index contributed by atoms with van der Waals surface area (Å²) in [7, 11) is 3.50. The first-order valence-electron chi connectivity index (χ1n) is 15.7. The molecule has 2 amide bonds. The summed E-state index contributed by atoms with van der Waals surface area (Å²) >= 11 is 0. The number of carbonyl (C=O) groups is 2. The average molecular weight is 638 g/mol. The Morgan fingerprint density at radius 3 is 2.55 bits per heavy atom. The molecule has 242 valence electrons. The highest BCUT2D eigenvalue weighted by atomic mass is 19.1. The number of H-pyrrole nitrogens is 1. The van der Waals surface area contributed by atoms with Crippen LogP contribution in [0.1, 0.15) is 28.9 Å². The first kappa shape index (κ1) is 30.2. The van der Waals surface area contributed by atoms with Gasteiger partial charge < -0.3 is 24.4 Å².